The number of rotatable bonds is 3. The van der Waals surface area contributed by atoms with Gasteiger partial charge in [-0.25, -0.2) is 4.79 Å². The quantitative estimate of drug-likeness (QED) is 0.812. The summed E-state index contributed by atoms with van der Waals surface area (Å²) in [6.45, 7) is 2.07. The van der Waals surface area contributed by atoms with Crippen molar-refractivity contribution in [2.75, 3.05) is 6.61 Å². The number of hydrogen-bond donors (Lipinski definition) is 2. The van der Waals surface area contributed by atoms with Crippen LogP contribution in [-0.2, 0) is 6.54 Å². The molecule has 2 N–H and O–H groups in total. The summed E-state index contributed by atoms with van der Waals surface area (Å²) in [5, 5.41) is 8.70. The number of nitrogens with zero attached hydrogens (tertiary/aromatic N) is 1. The van der Waals surface area contributed by atoms with Crippen molar-refractivity contribution in [1.29, 1.82) is 0 Å². The second-order valence-corrected chi connectivity index (χ2v) is 4.68. The molecule has 1 aromatic carbocycles. The minimum atomic E-state index is -0.428. The van der Waals surface area contributed by atoms with Gasteiger partial charge in [0.2, 0.25) is 0 Å². The highest BCUT2D eigenvalue weighted by Gasteiger charge is 2.02. The Morgan fingerprint density at radius 3 is 2.90 bits per heavy atom. The van der Waals surface area contributed by atoms with E-state index in [2.05, 4.69) is 16.8 Å². The van der Waals surface area contributed by atoms with Crippen molar-refractivity contribution in [3.8, 4) is 11.8 Å². The number of aromatic amines is 1. The first kappa shape index (κ1) is 14.8. The summed E-state index contributed by atoms with van der Waals surface area (Å²) in [6.07, 6.45) is 1.98. The molecule has 5 heteroatoms. The van der Waals surface area contributed by atoms with Crippen LogP contribution in [0, 0.1) is 18.8 Å². The van der Waals surface area contributed by atoms with Crippen molar-refractivity contribution in [2.24, 2.45) is 0 Å². The second kappa shape index (κ2) is 6.73. The van der Waals surface area contributed by atoms with Crippen molar-refractivity contribution >= 4 is 0 Å². The molecular formula is C16H16N2O3. The Bertz CT molecular complexity index is 806. The monoisotopic (exact) mass is 284 g/mol. The highest BCUT2D eigenvalue weighted by Crippen LogP contribution is 2.05. The standard InChI is InChI=1S/C16H16N2O3/c1-12-10-18(16(21)17-15(12)20)11-14-7-4-6-13(9-14)5-2-3-8-19/h4,6-7,9-10,19H,3,8,11H2,1H3,(H,17,20,21). The maximum absolute atomic E-state index is 11.7. The summed E-state index contributed by atoms with van der Waals surface area (Å²) in [4.78, 5) is 25.4. The van der Waals surface area contributed by atoms with Crippen molar-refractivity contribution in [1.82, 2.24) is 9.55 Å². The van der Waals surface area contributed by atoms with Gasteiger partial charge in [0.1, 0.15) is 0 Å². The van der Waals surface area contributed by atoms with Gasteiger partial charge in [-0.05, 0) is 24.6 Å². The van der Waals surface area contributed by atoms with Gasteiger partial charge >= 0.3 is 5.69 Å². The van der Waals surface area contributed by atoms with Crippen LogP contribution >= 0.6 is 0 Å². The van der Waals surface area contributed by atoms with Gasteiger partial charge in [0.05, 0.1) is 13.2 Å². The summed E-state index contributed by atoms with van der Waals surface area (Å²) in [5.74, 6) is 5.81. The third-order valence-electron chi connectivity index (χ3n) is 2.94. The lowest BCUT2D eigenvalue weighted by atomic mass is 10.1. The Morgan fingerprint density at radius 1 is 1.33 bits per heavy atom. The molecular weight excluding hydrogens is 268 g/mol. The number of nitrogens with one attached hydrogen (secondary N) is 1. The molecule has 0 saturated carbocycles. The van der Waals surface area contributed by atoms with Crippen LogP contribution in [0.25, 0.3) is 0 Å². The molecule has 0 amide bonds. The predicted molar refractivity (Wildman–Crippen MR) is 80.2 cm³/mol. The second-order valence-electron chi connectivity index (χ2n) is 4.68. The minimum Gasteiger partial charge on any atom is -0.395 e. The number of benzene rings is 1. The Balaban J connectivity index is 2.27. The first-order valence-corrected chi connectivity index (χ1v) is 6.59. The van der Waals surface area contributed by atoms with Gasteiger partial charge in [0.15, 0.2) is 0 Å². The van der Waals surface area contributed by atoms with E-state index in [0.717, 1.165) is 11.1 Å². The molecule has 0 spiro atoms. The van der Waals surface area contributed by atoms with Crippen molar-refractivity contribution in [3.63, 3.8) is 0 Å². The van der Waals surface area contributed by atoms with Gasteiger partial charge in [0, 0.05) is 23.7 Å². The number of aliphatic hydroxyl groups excluding tert-OH is 1. The topological polar surface area (TPSA) is 75.1 Å². The van der Waals surface area contributed by atoms with Gasteiger partial charge in [-0.1, -0.05) is 24.0 Å². The van der Waals surface area contributed by atoms with Gasteiger partial charge < -0.3 is 5.11 Å². The van der Waals surface area contributed by atoms with Crippen LogP contribution in [0.3, 0.4) is 0 Å². The van der Waals surface area contributed by atoms with Crippen LogP contribution in [-0.4, -0.2) is 21.3 Å². The van der Waals surface area contributed by atoms with E-state index in [1.807, 2.05) is 24.3 Å². The highest BCUT2D eigenvalue weighted by atomic mass is 16.2. The van der Waals surface area contributed by atoms with Crippen LogP contribution in [0.5, 0.6) is 0 Å². The summed E-state index contributed by atoms with van der Waals surface area (Å²) in [7, 11) is 0. The van der Waals surface area contributed by atoms with Crippen molar-refractivity contribution in [3.05, 3.63) is 68.0 Å². The molecule has 0 atom stereocenters. The van der Waals surface area contributed by atoms with Crippen LogP contribution in [0.2, 0.25) is 0 Å². The van der Waals surface area contributed by atoms with E-state index in [0.29, 0.717) is 18.5 Å². The van der Waals surface area contributed by atoms with Gasteiger partial charge in [-0.2, -0.15) is 0 Å². The summed E-state index contributed by atoms with van der Waals surface area (Å²) >= 11 is 0. The van der Waals surface area contributed by atoms with Gasteiger partial charge in [-0.3, -0.25) is 14.3 Å². The zero-order valence-electron chi connectivity index (χ0n) is 11.7. The fourth-order valence-corrected chi connectivity index (χ4v) is 1.90. The molecule has 1 heterocycles. The van der Waals surface area contributed by atoms with E-state index >= 15 is 0 Å². The Morgan fingerprint density at radius 2 is 2.14 bits per heavy atom. The molecule has 0 unspecified atom stereocenters. The molecule has 0 aliphatic heterocycles. The van der Waals surface area contributed by atoms with Crippen molar-refractivity contribution in [2.45, 2.75) is 19.9 Å². The maximum atomic E-state index is 11.7. The lowest BCUT2D eigenvalue weighted by molar-refractivity contribution is 0.305. The Labute approximate surface area is 121 Å². The molecule has 0 bridgehead atoms. The SMILES string of the molecule is Cc1cn(Cc2cccc(C#CCCO)c2)c(=O)[nH]c1=O. The highest BCUT2D eigenvalue weighted by molar-refractivity contribution is 5.37. The van der Waals surface area contributed by atoms with Crippen LogP contribution in [0.4, 0.5) is 0 Å². The first-order valence-electron chi connectivity index (χ1n) is 6.59. The van der Waals surface area contributed by atoms with Gasteiger partial charge in [0.25, 0.3) is 5.56 Å². The number of aliphatic hydroxyl groups is 1. The van der Waals surface area contributed by atoms with E-state index in [1.165, 1.54) is 4.57 Å². The maximum Gasteiger partial charge on any atom is 0.328 e. The minimum absolute atomic E-state index is 0.0404. The molecule has 2 rings (SSSR count). The molecule has 0 radical (unpaired) electrons. The number of hydrogen-bond acceptors (Lipinski definition) is 3. The number of H-pyrrole nitrogens is 1. The average molecular weight is 284 g/mol. The zero-order chi connectivity index (χ0) is 15.2. The van der Waals surface area contributed by atoms with Crippen LogP contribution < -0.4 is 11.2 Å². The summed E-state index contributed by atoms with van der Waals surface area (Å²) in [5.41, 5.74) is 1.45. The smallest absolute Gasteiger partial charge is 0.328 e. The predicted octanol–water partition coefficient (Wildman–Crippen LogP) is 0.627. The molecule has 21 heavy (non-hydrogen) atoms. The van der Waals surface area contributed by atoms with Crippen LogP contribution in [0.15, 0.2) is 40.1 Å². The van der Waals surface area contributed by atoms with E-state index in [1.54, 1.807) is 13.1 Å². The average Bonchev–Trinajstić information content (AvgIpc) is 2.45. The third-order valence-corrected chi connectivity index (χ3v) is 2.94. The third kappa shape index (κ3) is 3.94. The molecule has 5 nitrogen and oxygen atoms in total. The molecule has 0 aliphatic rings. The molecule has 0 aliphatic carbocycles. The molecule has 1 aromatic heterocycles. The van der Waals surface area contributed by atoms with E-state index < -0.39 is 5.69 Å². The largest absolute Gasteiger partial charge is 0.395 e. The first-order chi connectivity index (χ1) is 10.1. The van der Waals surface area contributed by atoms with Gasteiger partial charge in [-0.15, -0.1) is 0 Å². The van der Waals surface area contributed by atoms with E-state index in [-0.39, 0.29) is 12.2 Å². The van der Waals surface area contributed by atoms with Crippen molar-refractivity contribution < 1.29 is 5.11 Å². The Kier molecular flexibility index (Phi) is 4.75. The fraction of sp³-hybridized carbons (Fsp3) is 0.250. The van der Waals surface area contributed by atoms with E-state index in [4.69, 9.17) is 5.11 Å². The molecule has 2 aromatic rings. The summed E-state index contributed by atoms with van der Waals surface area (Å²) < 4.78 is 1.46. The number of aromatic nitrogens is 2. The molecule has 0 saturated heterocycles. The zero-order valence-corrected chi connectivity index (χ0v) is 11.7. The lowest BCUT2D eigenvalue weighted by Crippen LogP contribution is -2.31. The van der Waals surface area contributed by atoms with E-state index in [9.17, 15) is 9.59 Å². The Hall–Kier alpha value is -2.58. The number of aryl methyl sites for hydroxylation is 1. The van der Waals surface area contributed by atoms with Crippen LogP contribution in [0.1, 0.15) is 23.1 Å². The molecule has 0 fully saturated rings. The fourth-order valence-electron chi connectivity index (χ4n) is 1.90. The summed E-state index contributed by atoms with van der Waals surface area (Å²) in [6, 6.07) is 7.51. The lowest BCUT2D eigenvalue weighted by Gasteiger charge is -2.06. The molecule has 108 valence electrons. The normalized spacial score (nSPS) is 10.0.